The van der Waals surface area contributed by atoms with E-state index in [2.05, 4.69) is 37.5 Å². The fourth-order valence-electron chi connectivity index (χ4n) is 9.96. The molecule has 59 heavy (non-hydrogen) atoms. The van der Waals surface area contributed by atoms with Crippen molar-refractivity contribution in [2.75, 3.05) is 59.2 Å². The van der Waals surface area contributed by atoms with Crippen LogP contribution in [0.4, 0.5) is 4.79 Å². The van der Waals surface area contributed by atoms with Gasteiger partial charge in [-0.05, 0) is 93.4 Å². The molecule has 3 N–H and O–H groups in total. The van der Waals surface area contributed by atoms with Crippen molar-refractivity contribution >= 4 is 17.6 Å². The quantitative estimate of drug-likeness (QED) is 0.0612. The van der Waals surface area contributed by atoms with Crippen molar-refractivity contribution < 1.29 is 43.6 Å². The van der Waals surface area contributed by atoms with Crippen LogP contribution in [-0.4, -0.2) is 115 Å². The predicted molar refractivity (Wildman–Crippen MR) is 226 cm³/mol. The Kier molecular flexibility index (Phi) is 16.7. The molecule has 3 amide bonds. The van der Waals surface area contributed by atoms with Gasteiger partial charge in [-0.25, -0.2) is 4.79 Å². The molecule has 6 rings (SSSR count). The highest BCUT2D eigenvalue weighted by Gasteiger charge is 2.65. The maximum Gasteiger partial charge on any atom is 0.317 e. The lowest BCUT2D eigenvalue weighted by atomic mass is 9.55. The SMILES string of the molecule is C=CCOc1ccc2c(c1)[C@H]1[C@H](CCCCO)[C@@H](CCCCO)C=C3C(=NOC4CCCCO4)C[C@H](N(CCC)C(=O)NCCCN4CCCC4=O)[C@@](OCC=C)(O2)[C@H]31. The predicted octanol–water partition coefficient (Wildman–Crippen LogP) is 6.85. The summed E-state index contributed by atoms with van der Waals surface area (Å²) in [5, 5.41) is 27.9. The number of unbranched alkanes of at least 4 members (excludes halogenated alkanes) is 2. The second-order valence-electron chi connectivity index (χ2n) is 16.5. The van der Waals surface area contributed by atoms with Gasteiger partial charge in [0, 0.05) is 70.1 Å². The molecule has 5 aliphatic rings. The van der Waals surface area contributed by atoms with Gasteiger partial charge in [0.1, 0.15) is 24.1 Å². The van der Waals surface area contributed by atoms with Crippen LogP contribution in [-0.2, 0) is 19.1 Å². The van der Waals surface area contributed by atoms with Gasteiger partial charge < -0.3 is 49.1 Å². The minimum atomic E-state index is -1.35. The summed E-state index contributed by atoms with van der Waals surface area (Å²) in [4.78, 5) is 36.9. The highest BCUT2D eigenvalue weighted by molar-refractivity contribution is 6.03. The molecule has 2 aliphatic carbocycles. The average Bonchev–Trinajstić information content (AvgIpc) is 3.67. The molecule has 7 atom stereocenters. The number of fused-ring (bicyclic) bond motifs is 2. The van der Waals surface area contributed by atoms with Gasteiger partial charge in [-0.3, -0.25) is 4.79 Å². The standard InChI is InChI=1S/C46H68N4O9/c1-4-22-50(45(54)47-21-14-24-49-23-13-17-41(49)53)40-32-38(48-59-42-18-9-12-29-56-42)36-30-33(15-7-10-25-51)35(16-8-11-26-52)43-37-31-34(55-27-5-2)19-20-39(37)58-46(40,44(36)43)57-28-6-3/h5-6,19-20,30-31,33,35,40,42-44,51-52H,2-4,7-18,21-29,32H2,1H3,(H,47,54)/t33-,35+,40-,42?,43+,44+,46+/m0/s1. The number of ether oxygens (including phenoxy) is 4. The van der Waals surface area contributed by atoms with Crippen LogP contribution in [0, 0.1) is 17.8 Å². The molecule has 326 valence electrons. The van der Waals surface area contributed by atoms with Crippen molar-refractivity contribution in [1.29, 1.82) is 0 Å². The monoisotopic (exact) mass is 820 g/mol. The second-order valence-corrected chi connectivity index (χ2v) is 16.5. The Morgan fingerprint density at radius 2 is 1.90 bits per heavy atom. The first-order valence-electron chi connectivity index (χ1n) is 22.3. The van der Waals surface area contributed by atoms with Gasteiger partial charge in [0.05, 0.1) is 24.8 Å². The first-order chi connectivity index (χ1) is 28.9. The van der Waals surface area contributed by atoms with E-state index in [1.165, 1.54) is 0 Å². The van der Waals surface area contributed by atoms with Crippen LogP contribution >= 0.6 is 0 Å². The van der Waals surface area contributed by atoms with E-state index in [4.69, 9.17) is 28.9 Å². The topological polar surface area (TPSA) is 152 Å². The van der Waals surface area contributed by atoms with Crippen molar-refractivity contribution in [3.8, 4) is 11.5 Å². The summed E-state index contributed by atoms with van der Waals surface area (Å²) < 4.78 is 26.5. The van der Waals surface area contributed by atoms with E-state index in [9.17, 15) is 19.8 Å². The Bertz CT molecular complexity index is 1630. The largest absolute Gasteiger partial charge is 0.490 e. The summed E-state index contributed by atoms with van der Waals surface area (Å²) in [5.41, 5.74) is 2.72. The smallest absolute Gasteiger partial charge is 0.317 e. The van der Waals surface area contributed by atoms with Crippen LogP contribution in [0.5, 0.6) is 11.5 Å². The van der Waals surface area contributed by atoms with E-state index in [-0.39, 0.29) is 49.5 Å². The molecule has 1 aromatic rings. The number of nitrogens with one attached hydrogen (secondary N) is 1. The number of carbonyl (C=O) groups is 2. The number of likely N-dealkylation sites (tertiary alicyclic amines) is 1. The second kappa shape index (κ2) is 22.1. The fourth-order valence-corrected chi connectivity index (χ4v) is 9.96. The number of rotatable bonds is 23. The lowest BCUT2D eigenvalue weighted by Crippen LogP contribution is -2.70. The van der Waals surface area contributed by atoms with Gasteiger partial charge in [-0.2, -0.15) is 0 Å². The Morgan fingerprint density at radius 3 is 2.61 bits per heavy atom. The molecule has 0 aromatic heterocycles. The Morgan fingerprint density at radius 1 is 1.08 bits per heavy atom. The maximum atomic E-state index is 14.6. The van der Waals surface area contributed by atoms with Gasteiger partial charge in [0.15, 0.2) is 0 Å². The molecule has 3 heterocycles. The van der Waals surface area contributed by atoms with Crippen molar-refractivity contribution in [2.45, 2.75) is 121 Å². The molecular formula is C46H68N4O9. The third-order valence-corrected chi connectivity index (χ3v) is 12.6. The highest BCUT2D eigenvalue weighted by atomic mass is 16.8. The molecule has 0 radical (unpaired) electrons. The zero-order chi connectivity index (χ0) is 41.6. The molecule has 2 saturated heterocycles. The Labute approximate surface area is 350 Å². The number of amides is 3. The number of hydrogen-bond acceptors (Lipinski definition) is 10. The zero-order valence-electron chi connectivity index (χ0n) is 35.2. The van der Waals surface area contributed by atoms with Crippen LogP contribution in [0.3, 0.4) is 0 Å². The fraction of sp³-hybridized carbons (Fsp3) is 0.674. The van der Waals surface area contributed by atoms with Gasteiger partial charge in [-0.15, -0.1) is 6.58 Å². The van der Waals surface area contributed by atoms with Crippen LogP contribution in [0.2, 0.25) is 0 Å². The molecule has 1 saturated carbocycles. The van der Waals surface area contributed by atoms with Crippen LogP contribution < -0.4 is 14.8 Å². The van der Waals surface area contributed by atoms with Crippen molar-refractivity contribution in [2.24, 2.45) is 22.9 Å². The Balaban J connectivity index is 1.48. The van der Waals surface area contributed by atoms with Crippen molar-refractivity contribution in [3.63, 3.8) is 0 Å². The summed E-state index contributed by atoms with van der Waals surface area (Å²) in [6.07, 6.45) is 15.9. The summed E-state index contributed by atoms with van der Waals surface area (Å²) in [6, 6.07) is 5.09. The number of urea groups is 1. The molecule has 1 aromatic carbocycles. The number of oxime groups is 1. The summed E-state index contributed by atoms with van der Waals surface area (Å²) in [5.74, 6) is -0.156. The summed E-state index contributed by atoms with van der Waals surface area (Å²) in [7, 11) is 0. The van der Waals surface area contributed by atoms with E-state index in [0.29, 0.717) is 82.9 Å². The van der Waals surface area contributed by atoms with Crippen LogP contribution in [0.25, 0.3) is 0 Å². The van der Waals surface area contributed by atoms with Gasteiger partial charge in [0.2, 0.25) is 18.0 Å². The average molecular weight is 821 g/mol. The minimum absolute atomic E-state index is 0.0994. The van der Waals surface area contributed by atoms with E-state index in [1.807, 2.05) is 21.9 Å². The first-order valence-corrected chi connectivity index (χ1v) is 22.3. The number of hydrogen-bond donors (Lipinski definition) is 3. The summed E-state index contributed by atoms with van der Waals surface area (Å²) >= 11 is 0. The van der Waals surface area contributed by atoms with E-state index < -0.39 is 24.0 Å². The van der Waals surface area contributed by atoms with Crippen LogP contribution in [0.15, 0.2) is 60.3 Å². The molecule has 3 aliphatic heterocycles. The molecule has 13 nitrogen and oxygen atoms in total. The third-order valence-electron chi connectivity index (χ3n) is 12.6. The number of allylic oxidation sites excluding steroid dienone is 1. The molecule has 13 heteroatoms. The Hall–Kier alpha value is -3.91. The van der Waals surface area contributed by atoms with Crippen molar-refractivity contribution in [1.82, 2.24) is 15.1 Å². The molecule has 0 bridgehead atoms. The number of benzene rings is 1. The van der Waals surface area contributed by atoms with Gasteiger partial charge in [-0.1, -0.05) is 49.7 Å². The van der Waals surface area contributed by atoms with Gasteiger partial charge >= 0.3 is 6.03 Å². The number of aliphatic hydroxyl groups excluding tert-OH is 2. The van der Waals surface area contributed by atoms with Crippen molar-refractivity contribution in [3.05, 3.63) is 60.7 Å². The molecule has 3 fully saturated rings. The van der Waals surface area contributed by atoms with E-state index >= 15 is 0 Å². The minimum Gasteiger partial charge on any atom is -0.490 e. The first kappa shape index (κ1) is 44.6. The van der Waals surface area contributed by atoms with E-state index in [0.717, 1.165) is 74.8 Å². The number of nitrogens with zero attached hydrogens (tertiary/aromatic N) is 3. The third kappa shape index (κ3) is 10.5. The lowest BCUT2D eigenvalue weighted by Gasteiger charge is -2.60. The molecular weight excluding hydrogens is 753 g/mol. The van der Waals surface area contributed by atoms with E-state index in [1.54, 1.807) is 12.2 Å². The normalized spacial score (nSPS) is 27.9. The number of aliphatic hydroxyl groups is 2. The zero-order valence-corrected chi connectivity index (χ0v) is 35.2. The molecule has 1 unspecified atom stereocenters. The molecule has 0 spiro atoms. The number of carbonyl (C=O) groups excluding carboxylic acids is 2. The van der Waals surface area contributed by atoms with Crippen LogP contribution in [0.1, 0.15) is 108 Å². The highest BCUT2D eigenvalue weighted by Crippen LogP contribution is 2.62. The van der Waals surface area contributed by atoms with Gasteiger partial charge in [0.25, 0.3) is 0 Å². The lowest BCUT2D eigenvalue weighted by molar-refractivity contribution is -0.254. The maximum absolute atomic E-state index is 14.6. The summed E-state index contributed by atoms with van der Waals surface area (Å²) in [6.45, 7) is 13.5.